The molecule has 0 amide bonds. The summed E-state index contributed by atoms with van der Waals surface area (Å²) in [5.41, 5.74) is 1.12. The molecule has 0 atom stereocenters. The molecule has 28 heavy (non-hydrogen) atoms. The van der Waals surface area contributed by atoms with E-state index in [1.807, 2.05) is 6.07 Å². The van der Waals surface area contributed by atoms with Crippen molar-refractivity contribution in [3.05, 3.63) is 23.8 Å². The molecule has 1 heterocycles. The second-order valence-electron chi connectivity index (χ2n) is 9.26. The molecule has 1 aliphatic heterocycles. The van der Waals surface area contributed by atoms with Crippen LogP contribution in [0.5, 0.6) is 11.5 Å². The lowest BCUT2D eigenvalue weighted by Crippen LogP contribution is -2.26. The van der Waals surface area contributed by atoms with Gasteiger partial charge < -0.3 is 9.47 Å². The highest BCUT2D eigenvalue weighted by Crippen LogP contribution is 2.47. The summed E-state index contributed by atoms with van der Waals surface area (Å²) in [4.78, 5) is 0. The van der Waals surface area contributed by atoms with Crippen LogP contribution in [0.2, 0.25) is 0 Å². The highest BCUT2D eigenvalue weighted by Gasteiger charge is 2.43. The number of hydrogen-bond acceptors (Lipinski definition) is 2. The zero-order valence-corrected chi connectivity index (χ0v) is 17.1. The van der Waals surface area contributed by atoms with Crippen molar-refractivity contribution >= 4 is 0 Å². The molecule has 2 fully saturated rings. The summed E-state index contributed by atoms with van der Waals surface area (Å²) in [5, 5.41) is 0. The van der Waals surface area contributed by atoms with Gasteiger partial charge in [-0.3, -0.25) is 0 Å². The third kappa shape index (κ3) is 4.63. The van der Waals surface area contributed by atoms with Gasteiger partial charge in [0.25, 0.3) is 0 Å². The Kier molecular flexibility index (Phi) is 6.13. The van der Waals surface area contributed by atoms with Gasteiger partial charge in [-0.05, 0) is 79.9 Å². The van der Waals surface area contributed by atoms with E-state index in [1.165, 1.54) is 64.2 Å². The fourth-order valence-electron chi connectivity index (χ4n) is 5.77. The average molecular weight is 393 g/mol. The van der Waals surface area contributed by atoms with Gasteiger partial charge >= 0.3 is 6.29 Å². The number of fused-ring (bicyclic) bond motifs is 1. The van der Waals surface area contributed by atoms with Crippen LogP contribution in [0.25, 0.3) is 0 Å². The fourth-order valence-corrected chi connectivity index (χ4v) is 5.77. The first-order valence-electron chi connectivity index (χ1n) is 11.4. The molecule has 0 N–H and O–H groups in total. The third-order valence-electron chi connectivity index (χ3n) is 7.44. The van der Waals surface area contributed by atoms with Gasteiger partial charge in [0.05, 0.1) is 0 Å². The lowest BCUT2D eigenvalue weighted by atomic mass is 9.68. The van der Waals surface area contributed by atoms with E-state index in [2.05, 4.69) is 16.4 Å². The molecule has 156 valence electrons. The SMILES string of the molecule is CCCCCC1CCC(C2CCC(c3ccc4c(c3)OC(F)(F)O4)CC2)CC1. The Bertz CT molecular complexity index is 644. The summed E-state index contributed by atoms with van der Waals surface area (Å²) in [6.07, 6.45) is 12.6. The van der Waals surface area contributed by atoms with Crippen LogP contribution in [0.4, 0.5) is 8.78 Å². The number of ether oxygens (including phenoxy) is 2. The lowest BCUT2D eigenvalue weighted by Gasteiger charge is -2.38. The van der Waals surface area contributed by atoms with Crippen molar-refractivity contribution in [2.24, 2.45) is 17.8 Å². The van der Waals surface area contributed by atoms with Crippen molar-refractivity contribution in [1.29, 1.82) is 0 Å². The van der Waals surface area contributed by atoms with Crippen LogP contribution in [0.1, 0.15) is 95.5 Å². The maximum Gasteiger partial charge on any atom is 0.586 e. The van der Waals surface area contributed by atoms with Crippen LogP contribution in [0.15, 0.2) is 18.2 Å². The van der Waals surface area contributed by atoms with Crippen molar-refractivity contribution < 1.29 is 18.3 Å². The lowest BCUT2D eigenvalue weighted by molar-refractivity contribution is -0.286. The van der Waals surface area contributed by atoms with Crippen LogP contribution in [-0.2, 0) is 0 Å². The van der Waals surface area contributed by atoms with E-state index < -0.39 is 6.29 Å². The van der Waals surface area contributed by atoms with Gasteiger partial charge in [0.1, 0.15) is 0 Å². The van der Waals surface area contributed by atoms with Crippen molar-refractivity contribution in [2.45, 2.75) is 96.2 Å². The zero-order valence-electron chi connectivity index (χ0n) is 17.1. The molecule has 2 saturated carbocycles. The Labute approximate surface area is 168 Å². The van der Waals surface area contributed by atoms with E-state index in [-0.39, 0.29) is 11.5 Å². The standard InChI is InChI=1S/C24H34F2O2/c1-2-3-4-5-17-6-8-18(9-7-17)19-10-12-20(13-11-19)21-14-15-22-23(16-21)28-24(25,26)27-22/h14-20H,2-13H2,1H3. The molecule has 0 radical (unpaired) electrons. The quantitative estimate of drug-likeness (QED) is 0.462. The monoisotopic (exact) mass is 392 g/mol. The van der Waals surface area contributed by atoms with Gasteiger partial charge in [-0.25, -0.2) is 0 Å². The Morgan fingerprint density at radius 2 is 1.50 bits per heavy atom. The Morgan fingerprint density at radius 1 is 0.857 bits per heavy atom. The smallest absolute Gasteiger partial charge is 0.395 e. The largest absolute Gasteiger partial charge is 0.586 e. The van der Waals surface area contributed by atoms with Crippen LogP contribution in [-0.4, -0.2) is 6.29 Å². The molecule has 2 aliphatic carbocycles. The highest BCUT2D eigenvalue weighted by molar-refractivity contribution is 5.46. The molecule has 4 heteroatoms. The summed E-state index contributed by atoms with van der Waals surface area (Å²) in [5.74, 6) is 3.56. The average Bonchev–Trinajstić information content (AvgIpc) is 3.02. The van der Waals surface area contributed by atoms with Crippen LogP contribution in [0.3, 0.4) is 0 Å². The summed E-state index contributed by atoms with van der Waals surface area (Å²) >= 11 is 0. The minimum atomic E-state index is -3.52. The van der Waals surface area contributed by atoms with Crippen molar-refractivity contribution in [3.63, 3.8) is 0 Å². The second-order valence-corrected chi connectivity index (χ2v) is 9.26. The predicted octanol–water partition coefficient (Wildman–Crippen LogP) is 7.67. The van der Waals surface area contributed by atoms with E-state index in [1.54, 1.807) is 12.1 Å². The number of alkyl halides is 2. The summed E-state index contributed by atoms with van der Waals surface area (Å²) in [6.45, 7) is 2.28. The first-order chi connectivity index (χ1) is 13.5. The van der Waals surface area contributed by atoms with E-state index in [0.717, 1.165) is 36.2 Å². The number of rotatable bonds is 6. The fraction of sp³-hybridized carbons (Fsp3) is 0.750. The minimum absolute atomic E-state index is 0.151. The van der Waals surface area contributed by atoms with Gasteiger partial charge in [-0.1, -0.05) is 51.5 Å². The molecular weight excluding hydrogens is 358 g/mol. The van der Waals surface area contributed by atoms with Crippen LogP contribution in [0, 0.1) is 17.8 Å². The molecule has 1 aromatic rings. The number of hydrogen-bond donors (Lipinski definition) is 0. The highest BCUT2D eigenvalue weighted by atomic mass is 19.3. The third-order valence-corrected chi connectivity index (χ3v) is 7.44. The Morgan fingerprint density at radius 3 is 2.18 bits per heavy atom. The molecular formula is C24H34F2O2. The molecule has 0 unspecified atom stereocenters. The van der Waals surface area contributed by atoms with E-state index in [4.69, 9.17) is 0 Å². The minimum Gasteiger partial charge on any atom is -0.395 e. The maximum atomic E-state index is 13.2. The van der Waals surface area contributed by atoms with Gasteiger partial charge in [0.2, 0.25) is 0 Å². The molecule has 2 nitrogen and oxygen atoms in total. The number of benzene rings is 1. The van der Waals surface area contributed by atoms with Crippen LogP contribution >= 0.6 is 0 Å². The number of halogens is 2. The topological polar surface area (TPSA) is 18.5 Å². The Hall–Kier alpha value is -1.32. The van der Waals surface area contributed by atoms with E-state index >= 15 is 0 Å². The van der Waals surface area contributed by atoms with Gasteiger partial charge in [0, 0.05) is 0 Å². The Balaban J connectivity index is 1.25. The zero-order chi connectivity index (χ0) is 19.6. The predicted molar refractivity (Wildman–Crippen MR) is 107 cm³/mol. The van der Waals surface area contributed by atoms with E-state index in [9.17, 15) is 8.78 Å². The van der Waals surface area contributed by atoms with Crippen LogP contribution < -0.4 is 9.47 Å². The van der Waals surface area contributed by atoms with Crippen molar-refractivity contribution in [3.8, 4) is 11.5 Å². The molecule has 0 spiro atoms. The molecule has 1 aromatic carbocycles. The van der Waals surface area contributed by atoms with Gasteiger partial charge in [-0.15, -0.1) is 8.78 Å². The molecule has 3 aliphatic rings. The maximum absolute atomic E-state index is 13.2. The van der Waals surface area contributed by atoms with Gasteiger partial charge in [-0.2, -0.15) is 0 Å². The molecule has 0 aromatic heterocycles. The van der Waals surface area contributed by atoms with Crippen molar-refractivity contribution in [2.75, 3.05) is 0 Å². The molecule has 0 bridgehead atoms. The molecule has 4 rings (SSSR count). The second kappa shape index (κ2) is 8.59. The first-order valence-corrected chi connectivity index (χ1v) is 11.4. The normalized spacial score (nSPS) is 31.7. The first kappa shape index (κ1) is 20.0. The van der Waals surface area contributed by atoms with Crippen molar-refractivity contribution in [1.82, 2.24) is 0 Å². The van der Waals surface area contributed by atoms with E-state index in [0.29, 0.717) is 5.92 Å². The summed E-state index contributed by atoms with van der Waals surface area (Å²) in [6, 6.07) is 5.34. The number of unbranched alkanes of at least 4 members (excludes halogenated alkanes) is 2. The summed E-state index contributed by atoms with van der Waals surface area (Å²) < 4.78 is 35.6. The molecule has 0 saturated heterocycles. The summed E-state index contributed by atoms with van der Waals surface area (Å²) in [7, 11) is 0. The van der Waals surface area contributed by atoms with Gasteiger partial charge in [0.15, 0.2) is 11.5 Å².